The van der Waals surface area contributed by atoms with Crippen molar-refractivity contribution in [3.05, 3.63) is 23.8 Å². The summed E-state index contributed by atoms with van der Waals surface area (Å²) in [5.41, 5.74) is -0.00400. The molecule has 130 valence electrons. The van der Waals surface area contributed by atoms with Gasteiger partial charge in [0.05, 0.1) is 17.3 Å². The van der Waals surface area contributed by atoms with Gasteiger partial charge in [-0.3, -0.25) is 4.79 Å². The minimum Gasteiger partial charge on any atom is -0.386 e. The van der Waals surface area contributed by atoms with E-state index in [-0.39, 0.29) is 17.8 Å². The van der Waals surface area contributed by atoms with Gasteiger partial charge in [-0.2, -0.15) is 0 Å². The van der Waals surface area contributed by atoms with Crippen molar-refractivity contribution in [2.24, 2.45) is 11.8 Å². The number of allylic oxidation sites excluding steroid dienone is 3. The van der Waals surface area contributed by atoms with Gasteiger partial charge < -0.3 is 9.84 Å². The minimum absolute atomic E-state index is 0.00208. The molecule has 0 bridgehead atoms. The monoisotopic (exact) mass is 320 g/mol. The fraction of sp³-hybridized carbons (Fsp3) is 0.750. The van der Waals surface area contributed by atoms with Crippen molar-refractivity contribution in [3.63, 3.8) is 0 Å². The molecule has 0 aromatic heterocycles. The third kappa shape index (κ3) is 5.29. The van der Waals surface area contributed by atoms with Crippen LogP contribution in [-0.4, -0.2) is 28.2 Å². The molecule has 1 aliphatic heterocycles. The number of carbonyl (C=O) groups excluding carboxylic acids is 1. The molecule has 1 heterocycles. The second kappa shape index (κ2) is 6.90. The maximum absolute atomic E-state index is 12.1. The summed E-state index contributed by atoms with van der Waals surface area (Å²) in [6.07, 6.45) is 10.0. The van der Waals surface area contributed by atoms with Gasteiger partial charge in [0.25, 0.3) is 0 Å². The number of ketones is 1. The summed E-state index contributed by atoms with van der Waals surface area (Å²) in [5.74, 6) is 0.904. The van der Waals surface area contributed by atoms with Gasteiger partial charge in [0.1, 0.15) is 0 Å². The van der Waals surface area contributed by atoms with Crippen molar-refractivity contribution < 1.29 is 14.6 Å². The van der Waals surface area contributed by atoms with Gasteiger partial charge in [-0.25, -0.2) is 0 Å². The Morgan fingerprint density at radius 1 is 1.30 bits per heavy atom. The Morgan fingerprint density at radius 2 is 2.00 bits per heavy atom. The predicted molar refractivity (Wildman–Crippen MR) is 93.2 cm³/mol. The SMILES string of the molecule is CC1=CC(=O)CC(C)(O)C=CC(C(C)C)CCC2(C)OC2CC1. The van der Waals surface area contributed by atoms with E-state index in [0.29, 0.717) is 17.9 Å². The Morgan fingerprint density at radius 3 is 2.65 bits per heavy atom. The normalized spacial score (nSPS) is 39.6. The van der Waals surface area contributed by atoms with E-state index in [2.05, 4.69) is 26.8 Å². The smallest absolute Gasteiger partial charge is 0.158 e. The molecule has 4 atom stereocenters. The van der Waals surface area contributed by atoms with E-state index in [9.17, 15) is 9.90 Å². The second-order valence-corrected chi connectivity index (χ2v) is 8.25. The summed E-state index contributed by atoms with van der Waals surface area (Å²) in [5, 5.41) is 10.5. The van der Waals surface area contributed by atoms with E-state index in [4.69, 9.17) is 4.74 Å². The van der Waals surface area contributed by atoms with Crippen LogP contribution in [0.15, 0.2) is 23.8 Å². The zero-order valence-corrected chi connectivity index (χ0v) is 15.3. The predicted octanol–water partition coefficient (Wildman–Crippen LogP) is 4.20. The van der Waals surface area contributed by atoms with Crippen LogP contribution in [0.5, 0.6) is 0 Å². The van der Waals surface area contributed by atoms with Gasteiger partial charge >= 0.3 is 0 Å². The van der Waals surface area contributed by atoms with Crippen molar-refractivity contribution in [3.8, 4) is 0 Å². The van der Waals surface area contributed by atoms with Gasteiger partial charge in [0.15, 0.2) is 5.78 Å². The molecule has 1 fully saturated rings. The maximum Gasteiger partial charge on any atom is 0.158 e. The van der Waals surface area contributed by atoms with Crippen LogP contribution in [0.2, 0.25) is 0 Å². The fourth-order valence-corrected chi connectivity index (χ4v) is 3.48. The molecule has 2 rings (SSSR count). The van der Waals surface area contributed by atoms with Crippen LogP contribution in [0.1, 0.15) is 66.7 Å². The van der Waals surface area contributed by atoms with Crippen LogP contribution in [0.3, 0.4) is 0 Å². The zero-order chi connectivity index (χ0) is 17.3. The summed E-state index contributed by atoms with van der Waals surface area (Å²) in [4.78, 5) is 12.1. The molecule has 0 saturated carbocycles. The summed E-state index contributed by atoms with van der Waals surface area (Å²) >= 11 is 0. The van der Waals surface area contributed by atoms with Crippen molar-refractivity contribution in [1.29, 1.82) is 0 Å². The van der Waals surface area contributed by atoms with E-state index >= 15 is 0 Å². The number of ether oxygens (including phenoxy) is 1. The first-order chi connectivity index (χ1) is 10.6. The Kier molecular flexibility index (Phi) is 5.52. The zero-order valence-electron chi connectivity index (χ0n) is 15.3. The molecule has 2 aliphatic rings. The molecule has 1 aliphatic carbocycles. The van der Waals surface area contributed by atoms with Crippen LogP contribution in [0.25, 0.3) is 0 Å². The van der Waals surface area contributed by atoms with Gasteiger partial charge in [-0.05, 0) is 64.4 Å². The number of rotatable bonds is 1. The molecule has 0 radical (unpaired) electrons. The van der Waals surface area contributed by atoms with Gasteiger partial charge in [0, 0.05) is 6.42 Å². The van der Waals surface area contributed by atoms with Crippen LogP contribution >= 0.6 is 0 Å². The molecular weight excluding hydrogens is 288 g/mol. The van der Waals surface area contributed by atoms with Crippen LogP contribution < -0.4 is 0 Å². The van der Waals surface area contributed by atoms with Crippen LogP contribution in [0.4, 0.5) is 0 Å². The molecule has 4 unspecified atom stereocenters. The Hall–Kier alpha value is -0.930. The van der Waals surface area contributed by atoms with Gasteiger partial charge in [-0.15, -0.1) is 0 Å². The topological polar surface area (TPSA) is 49.8 Å². The highest BCUT2D eigenvalue weighted by atomic mass is 16.6. The van der Waals surface area contributed by atoms with E-state index < -0.39 is 5.60 Å². The molecule has 1 N–H and O–H groups in total. The van der Waals surface area contributed by atoms with E-state index in [1.807, 2.05) is 13.0 Å². The Labute approximate surface area is 140 Å². The quantitative estimate of drug-likeness (QED) is 0.582. The highest BCUT2D eigenvalue weighted by Gasteiger charge is 2.51. The second-order valence-electron chi connectivity index (χ2n) is 8.25. The summed E-state index contributed by atoms with van der Waals surface area (Å²) in [6, 6.07) is 0. The molecule has 0 amide bonds. The molecule has 0 aromatic carbocycles. The molecule has 0 spiro atoms. The number of epoxide rings is 1. The van der Waals surface area contributed by atoms with E-state index in [1.54, 1.807) is 13.0 Å². The highest BCUT2D eigenvalue weighted by Crippen LogP contribution is 2.44. The average molecular weight is 320 g/mol. The molecule has 1 saturated heterocycles. The third-order valence-electron chi connectivity index (χ3n) is 5.31. The number of aliphatic hydroxyl groups is 1. The number of carbonyl (C=O) groups is 1. The first-order valence-corrected chi connectivity index (χ1v) is 8.91. The van der Waals surface area contributed by atoms with Crippen molar-refractivity contribution in [1.82, 2.24) is 0 Å². The fourth-order valence-electron chi connectivity index (χ4n) is 3.48. The van der Waals surface area contributed by atoms with E-state index in [0.717, 1.165) is 31.3 Å². The standard InChI is InChI=1S/C20H32O3/c1-14(2)16-8-10-19(4,22)13-17(21)12-15(3)6-7-18-20(5,23-18)11-9-16/h8,10,12,14,16,18,22H,6-7,9,11,13H2,1-5H3. The first kappa shape index (κ1) is 18.4. The minimum atomic E-state index is -1.08. The lowest BCUT2D eigenvalue weighted by Gasteiger charge is -2.22. The third-order valence-corrected chi connectivity index (χ3v) is 5.31. The highest BCUT2D eigenvalue weighted by molar-refractivity contribution is 5.91. The molecule has 0 aromatic rings. The number of hydrogen-bond donors (Lipinski definition) is 1. The van der Waals surface area contributed by atoms with Crippen molar-refractivity contribution in [2.75, 3.05) is 0 Å². The summed E-state index contributed by atoms with van der Waals surface area (Å²) in [6.45, 7) is 10.3. The number of fused-ring (bicyclic) bond motifs is 1. The number of hydrogen-bond acceptors (Lipinski definition) is 3. The van der Waals surface area contributed by atoms with E-state index in [1.165, 1.54) is 0 Å². The molecule has 3 heteroatoms. The van der Waals surface area contributed by atoms with Gasteiger partial charge in [-0.1, -0.05) is 31.6 Å². The largest absolute Gasteiger partial charge is 0.386 e. The summed E-state index contributed by atoms with van der Waals surface area (Å²) < 4.78 is 5.94. The first-order valence-electron chi connectivity index (χ1n) is 8.91. The maximum atomic E-state index is 12.1. The lowest BCUT2D eigenvalue weighted by atomic mass is 9.84. The lowest BCUT2D eigenvalue weighted by Crippen LogP contribution is -2.25. The summed E-state index contributed by atoms with van der Waals surface area (Å²) in [7, 11) is 0. The van der Waals surface area contributed by atoms with Crippen molar-refractivity contribution in [2.45, 2.75) is 84.0 Å². The molecule has 23 heavy (non-hydrogen) atoms. The Bertz CT molecular complexity index is 501. The Balaban J connectivity index is 2.18. The van der Waals surface area contributed by atoms with Crippen LogP contribution in [-0.2, 0) is 9.53 Å². The molecular formula is C20H32O3. The van der Waals surface area contributed by atoms with Crippen molar-refractivity contribution >= 4 is 5.78 Å². The van der Waals surface area contributed by atoms with Crippen LogP contribution in [0, 0.1) is 11.8 Å². The molecule has 3 nitrogen and oxygen atoms in total. The lowest BCUT2D eigenvalue weighted by molar-refractivity contribution is -0.117. The average Bonchev–Trinajstić information content (AvgIpc) is 3.05. The van der Waals surface area contributed by atoms with Gasteiger partial charge in [0.2, 0.25) is 0 Å².